The number of nitrogens with one attached hydrogen (secondary N) is 2. The summed E-state index contributed by atoms with van der Waals surface area (Å²) in [5, 5.41) is 5.54. The molecular weight excluding hydrogens is 346 g/mol. The van der Waals surface area contributed by atoms with Gasteiger partial charge in [-0.05, 0) is 38.5 Å². The van der Waals surface area contributed by atoms with Crippen molar-refractivity contribution in [1.29, 1.82) is 0 Å². The van der Waals surface area contributed by atoms with E-state index < -0.39 is 6.04 Å². The fourth-order valence-corrected chi connectivity index (χ4v) is 2.83. The molecule has 5 nitrogen and oxygen atoms in total. The van der Waals surface area contributed by atoms with Crippen LogP contribution in [-0.2, 0) is 4.79 Å². The standard InChI is InChI=1S/C16H20BrN3O2/c1-4-20(5-2)15(21)13-10(3)18-16(22)19-14(13)11-6-8-12(17)9-7-11/h6-9,14H,4-5H2,1-3H3,(H2,18,19,22)/t14-/m1/s1. The first-order valence-electron chi connectivity index (χ1n) is 7.30. The van der Waals surface area contributed by atoms with Crippen LogP contribution in [0.4, 0.5) is 4.79 Å². The van der Waals surface area contributed by atoms with E-state index >= 15 is 0 Å². The molecule has 0 saturated carbocycles. The molecule has 0 fully saturated rings. The van der Waals surface area contributed by atoms with Crippen LogP contribution in [0.1, 0.15) is 32.4 Å². The lowest BCUT2D eigenvalue weighted by Crippen LogP contribution is -2.47. The maximum Gasteiger partial charge on any atom is 0.319 e. The molecule has 1 aliphatic rings. The molecule has 1 atom stereocenters. The molecule has 2 rings (SSSR count). The van der Waals surface area contributed by atoms with Gasteiger partial charge < -0.3 is 15.5 Å². The van der Waals surface area contributed by atoms with Gasteiger partial charge in [0.15, 0.2) is 0 Å². The first kappa shape index (κ1) is 16.5. The predicted octanol–water partition coefficient (Wildman–Crippen LogP) is 2.95. The maximum atomic E-state index is 12.8. The molecule has 0 spiro atoms. The molecule has 0 bridgehead atoms. The van der Waals surface area contributed by atoms with Crippen LogP contribution in [0.5, 0.6) is 0 Å². The van der Waals surface area contributed by atoms with E-state index in [1.54, 1.807) is 11.8 Å². The van der Waals surface area contributed by atoms with Gasteiger partial charge in [0.2, 0.25) is 0 Å². The second-order valence-electron chi connectivity index (χ2n) is 5.10. The Bertz CT molecular complexity index is 606. The summed E-state index contributed by atoms with van der Waals surface area (Å²) in [6.45, 7) is 6.92. The molecule has 0 saturated heterocycles. The molecule has 22 heavy (non-hydrogen) atoms. The SMILES string of the molecule is CCN(CC)C(=O)C1=C(C)NC(=O)N[C@@H]1c1ccc(Br)cc1. The lowest BCUT2D eigenvalue weighted by Gasteiger charge is -2.31. The number of carbonyl (C=O) groups excluding carboxylic acids is 2. The lowest BCUT2D eigenvalue weighted by atomic mass is 9.94. The van der Waals surface area contributed by atoms with Crippen LogP contribution in [0.25, 0.3) is 0 Å². The molecule has 1 heterocycles. The van der Waals surface area contributed by atoms with E-state index in [2.05, 4.69) is 26.6 Å². The van der Waals surface area contributed by atoms with Crippen LogP contribution >= 0.6 is 15.9 Å². The highest BCUT2D eigenvalue weighted by atomic mass is 79.9. The molecule has 0 radical (unpaired) electrons. The van der Waals surface area contributed by atoms with E-state index in [0.717, 1.165) is 10.0 Å². The van der Waals surface area contributed by atoms with Crippen molar-refractivity contribution in [3.63, 3.8) is 0 Å². The number of nitrogens with zero attached hydrogens (tertiary/aromatic N) is 1. The Hall–Kier alpha value is -1.82. The predicted molar refractivity (Wildman–Crippen MR) is 89.2 cm³/mol. The highest BCUT2D eigenvalue weighted by molar-refractivity contribution is 9.10. The van der Waals surface area contributed by atoms with Gasteiger partial charge in [0, 0.05) is 23.3 Å². The summed E-state index contributed by atoms with van der Waals surface area (Å²) in [5.74, 6) is -0.0529. The number of allylic oxidation sites excluding steroid dienone is 1. The van der Waals surface area contributed by atoms with E-state index in [1.165, 1.54) is 0 Å². The molecule has 2 N–H and O–H groups in total. The number of halogens is 1. The Morgan fingerprint density at radius 1 is 1.23 bits per heavy atom. The summed E-state index contributed by atoms with van der Waals surface area (Å²) in [4.78, 5) is 26.4. The summed E-state index contributed by atoms with van der Waals surface area (Å²) in [7, 11) is 0. The third-order valence-corrected chi connectivity index (χ3v) is 4.28. The smallest absolute Gasteiger partial charge is 0.319 e. The largest absolute Gasteiger partial charge is 0.339 e. The van der Waals surface area contributed by atoms with Gasteiger partial charge in [0.05, 0.1) is 11.6 Å². The van der Waals surface area contributed by atoms with Crippen LogP contribution in [0.3, 0.4) is 0 Å². The van der Waals surface area contributed by atoms with Crippen LogP contribution in [-0.4, -0.2) is 29.9 Å². The minimum absolute atomic E-state index is 0.0529. The zero-order chi connectivity index (χ0) is 16.3. The maximum absolute atomic E-state index is 12.8. The third kappa shape index (κ3) is 3.32. The fraction of sp³-hybridized carbons (Fsp3) is 0.375. The second kappa shape index (κ2) is 6.96. The Morgan fingerprint density at radius 2 is 1.82 bits per heavy atom. The number of hydrogen-bond acceptors (Lipinski definition) is 2. The van der Waals surface area contributed by atoms with Gasteiger partial charge in [-0.15, -0.1) is 0 Å². The van der Waals surface area contributed by atoms with Crippen LogP contribution in [0, 0.1) is 0 Å². The number of carbonyl (C=O) groups is 2. The molecular formula is C16H20BrN3O2. The van der Waals surface area contributed by atoms with Gasteiger partial charge in [-0.1, -0.05) is 28.1 Å². The van der Waals surface area contributed by atoms with Gasteiger partial charge >= 0.3 is 6.03 Å². The lowest BCUT2D eigenvalue weighted by molar-refractivity contribution is -0.127. The summed E-state index contributed by atoms with van der Waals surface area (Å²) in [6.07, 6.45) is 0. The normalized spacial score (nSPS) is 17.8. The Balaban J connectivity index is 2.45. The zero-order valence-electron chi connectivity index (χ0n) is 12.9. The Labute approximate surface area is 138 Å². The molecule has 3 amide bonds. The van der Waals surface area contributed by atoms with Gasteiger partial charge in [-0.3, -0.25) is 4.79 Å². The van der Waals surface area contributed by atoms with E-state index in [4.69, 9.17) is 0 Å². The topological polar surface area (TPSA) is 61.4 Å². The average molecular weight is 366 g/mol. The van der Waals surface area contributed by atoms with Gasteiger partial charge in [0.1, 0.15) is 0 Å². The summed E-state index contributed by atoms with van der Waals surface area (Å²) < 4.78 is 0.953. The first-order chi connectivity index (χ1) is 10.5. The van der Waals surface area contributed by atoms with Gasteiger partial charge in [0.25, 0.3) is 5.91 Å². The van der Waals surface area contributed by atoms with Crippen LogP contribution < -0.4 is 10.6 Å². The number of likely N-dealkylation sites (N-methyl/N-ethyl adjacent to an activating group) is 1. The average Bonchev–Trinajstić information content (AvgIpc) is 2.48. The molecule has 1 aromatic carbocycles. The van der Waals surface area contributed by atoms with E-state index in [0.29, 0.717) is 24.4 Å². The van der Waals surface area contributed by atoms with Crippen LogP contribution in [0.2, 0.25) is 0 Å². The highest BCUT2D eigenvalue weighted by Crippen LogP contribution is 2.28. The molecule has 0 unspecified atom stereocenters. The minimum Gasteiger partial charge on any atom is -0.339 e. The molecule has 1 aliphatic heterocycles. The third-order valence-electron chi connectivity index (χ3n) is 3.75. The van der Waals surface area contributed by atoms with E-state index in [-0.39, 0.29) is 11.9 Å². The van der Waals surface area contributed by atoms with Crippen LogP contribution in [0.15, 0.2) is 40.0 Å². The number of benzene rings is 1. The zero-order valence-corrected chi connectivity index (χ0v) is 14.5. The van der Waals surface area contributed by atoms with Crippen molar-refractivity contribution in [3.05, 3.63) is 45.6 Å². The van der Waals surface area contributed by atoms with Gasteiger partial charge in [-0.2, -0.15) is 0 Å². The molecule has 0 aliphatic carbocycles. The Kier molecular flexibility index (Phi) is 5.24. The number of amides is 3. The van der Waals surface area contributed by atoms with Crippen molar-refractivity contribution in [2.75, 3.05) is 13.1 Å². The van der Waals surface area contributed by atoms with Crippen molar-refractivity contribution in [3.8, 4) is 0 Å². The van der Waals surface area contributed by atoms with E-state index in [9.17, 15) is 9.59 Å². The van der Waals surface area contributed by atoms with Crippen molar-refractivity contribution >= 4 is 27.9 Å². The van der Waals surface area contributed by atoms with Crippen molar-refractivity contribution in [2.24, 2.45) is 0 Å². The molecule has 0 aromatic heterocycles. The van der Waals surface area contributed by atoms with Crippen molar-refractivity contribution in [1.82, 2.24) is 15.5 Å². The monoisotopic (exact) mass is 365 g/mol. The summed E-state index contributed by atoms with van der Waals surface area (Å²) >= 11 is 3.40. The number of hydrogen-bond donors (Lipinski definition) is 2. The highest BCUT2D eigenvalue weighted by Gasteiger charge is 2.32. The molecule has 6 heteroatoms. The number of urea groups is 1. The fourth-order valence-electron chi connectivity index (χ4n) is 2.56. The molecule has 1 aromatic rings. The van der Waals surface area contributed by atoms with E-state index in [1.807, 2.05) is 38.1 Å². The van der Waals surface area contributed by atoms with Crippen molar-refractivity contribution < 1.29 is 9.59 Å². The number of rotatable bonds is 4. The van der Waals surface area contributed by atoms with Crippen molar-refractivity contribution in [2.45, 2.75) is 26.8 Å². The second-order valence-corrected chi connectivity index (χ2v) is 6.01. The quantitative estimate of drug-likeness (QED) is 0.861. The molecule has 118 valence electrons. The summed E-state index contributed by atoms with van der Waals surface area (Å²) in [5.41, 5.74) is 2.08. The summed E-state index contributed by atoms with van der Waals surface area (Å²) in [6, 6.07) is 6.89. The Morgan fingerprint density at radius 3 is 2.36 bits per heavy atom. The first-order valence-corrected chi connectivity index (χ1v) is 8.10. The minimum atomic E-state index is -0.435. The van der Waals surface area contributed by atoms with Gasteiger partial charge in [-0.25, -0.2) is 4.79 Å².